The number of unbranched alkanes of at least 4 members (excludes halogenated alkanes) is 3. The van der Waals surface area contributed by atoms with Crippen molar-refractivity contribution >= 4 is 0 Å². The Morgan fingerprint density at radius 3 is 2.43 bits per heavy atom. The number of rotatable bonds is 6. The van der Waals surface area contributed by atoms with Crippen LogP contribution in [0, 0.1) is 37.0 Å². The van der Waals surface area contributed by atoms with Crippen LogP contribution in [0.15, 0.2) is 35.7 Å². The van der Waals surface area contributed by atoms with E-state index in [9.17, 15) is 13.2 Å². The molecule has 0 radical (unpaired) electrons. The number of allylic oxidation sites excluding steroid dienone is 4. The second-order valence-corrected chi connectivity index (χ2v) is 6.96. The summed E-state index contributed by atoms with van der Waals surface area (Å²) in [6.45, 7) is 6.56. The molecule has 2 unspecified atom stereocenters. The van der Waals surface area contributed by atoms with E-state index in [4.69, 9.17) is 10.00 Å². The second-order valence-electron chi connectivity index (χ2n) is 6.96. The van der Waals surface area contributed by atoms with Crippen LogP contribution in [-0.2, 0) is 0 Å². The lowest BCUT2D eigenvalue weighted by molar-refractivity contribution is 0.149. The summed E-state index contributed by atoms with van der Waals surface area (Å²) in [5.41, 5.74) is -0.663. The van der Waals surface area contributed by atoms with E-state index in [-0.39, 0.29) is 5.57 Å². The third kappa shape index (κ3) is 5.20. The minimum atomic E-state index is -3.04. The number of aryl methyl sites for hydroxylation is 2. The van der Waals surface area contributed by atoms with Crippen molar-refractivity contribution in [3.05, 3.63) is 52.4 Å². The van der Waals surface area contributed by atoms with Crippen LogP contribution in [0.3, 0.4) is 0 Å². The summed E-state index contributed by atoms with van der Waals surface area (Å²) in [5.74, 6) is 4.94. The SMILES string of the molecule is CCCCCCOc1cc(C)c(C#CC2=CC(F)(C#N)C(F)C(F)=C2)c(C)c1. The maximum atomic E-state index is 14.2. The molecule has 2 rings (SSSR count). The van der Waals surface area contributed by atoms with E-state index in [0.717, 1.165) is 41.9 Å². The van der Waals surface area contributed by atoms with Gasteiger partial charge in [0.05, 0.1) is 6.61 Å². The topological polar surface area (TPSA) is 33.0 Å². The Bertz CT molecular complexity index is 862. The number of alkyl halides is 2. The Labute approximate surface area is 164 Å². The van der Waals surface area contributed by atoms with E-state index in [1.54, 1.807) is 0 Å². The number of nitriles is 1. The van der Waals surface area contributed by atoms with Gasteiger partial charge in [-0.2, -0.15) is 5.26 Å². The molecule has 0 saturated carbocycles. The summed E-state index contributed by atoms with van der Waals surface area (Å²) in [7, 11) is 0. The van der Waals surface area contributed by atoms with Gasteiger partial charge in [0.2, 0.25) is 6.17 Å². The van der Waals surface area contributed by atoms with Gasteiger partial charge < -0.3 is 4.74 Å². The molecule has 0 heterocycles. The third-order valence-electron chi connectivity index (χ3n) is 4.55. The lowest BCUT2D eigenvalue weighted by atomic mass is 9.91. The quantitative estimate of drug-likeness (QED) is 0.444. The Hall–Kier alpha value is -2.66. The molecular formula is C23H24F3NO. The van der Waals surface area contributed by atoms with Crippen LogP contribution in [0.4, 0.5) is 13.2 Å². The Balaban J connectivity index is 2.18. The number of hydrogen-bond donors (Lipinski definition) is 0. The van der Waals surface area contributed by atoms with E-state index in [2.05, 4.69) is 18.8 Å². The lowest BCUT2D eigenvalue weighted by Gasteiger charge is -2.20. The zero-order valence-corrected chi connectivity index (χ0v) is 16.4. The van der Waals surface area contributed by atoms with E-state index in [1.165, 1.54) is 18.9 Å². The average Bonchev–Trinajstić information content (AvgIpc) is 2.65. The molecule has 148 valence electrons. The van der Waals surface area contributed by atoms with Gasteiger partial charge in [-0.3, -0.25) is 0 Å². The monoisotopic (exact) mass is 387 g/mol. The van der Waals surface area contributed by atoms with Crippen LogP contribution >= 0.6 is 0 Å². The van der Waals surface area contributed by atoms with E-state index in [1.807, 2.05) is 26.0 Å². The Morgan fingerprint density at radius 2 is 1.82 bits per heavy atom. The zero-order valence-electron chi connectivity index (χ0n) is 16.4. The Kier molecular flexibility index (Phi) is 7.35. The van der Waals surface area contributed by atoms with Gasteiger partial charge in [0.15, 0.2) is 0 Å². The molecule has 0 fully saturated rings. The van der Waals surface area contributed by atoms with E-state index < -0.39 is 17.7 Å². The minimum absolute atomic E-state index is 0.0644. The van der Waals surface area contributed by atoms with Crippen molar-refractivity contribution < 1.29 is 17.9 Å². The number of ether oxygens (including phenoxy) is 1. The second kappa shape index (κ2) is 9.51. The number of halogens is 3. The number of benzene rings is 1. The highest BCUT2D eigenvalue weighted by molar-refractivity contribution is 5.55. The molecule has 1 aliphatic rings. The summed E-state index contributed by atoms with van der Waals surface area (Å²) < 4.78 is 47.1. The molecule has 5 heteroatoms. The molecule has 0 aromatic heterocycles. The van der Waals surface area contributed by atoms with Crippen molar-refractivity contribution in [3.63, 3.8) is 0 Å². The van der Waals surface area contributed by atoms with E-state index in [0.29, 0.717) is 12.2 Å². The number of hydrogen-bond acceptors (Lipinski definition) is 2. The first-order chi connectivity index (χ1) is 13.3. The molecule has 0 aliphatic heterocycles. The Morgan fingerprint density at radius 1 is 1.14 bits per heavy atom. The van der Waals surface area contributed by atoms with Crippen LogP contribution in [-0.4, -0.2) is 18.4 Å². The van der Waals surface area contributed by atoms with E-state index >= 15 is 0 Å². The van der Waals surface area contributed by atoms with Crippen LogP contribution in [0.2, 0.25) is 0 Å². The first-order valence-electron chi connectivity index (χ1n) is 9.41. The fourth-order valence-electron chi connectivity index (χ4n) is 2.98. The normalized spacial score (nSPS) is 21.1. The van der Waals surface area contributed by atoms with Crippen molar-refractivity contribution in [1.82, 2.24) is 0 Å². The standard InChI is InChI=1S/C23H24F3NO/c1-4-5-6-7-10-28-19-11-16(2)20(17(3)12-19)9-8-18-13-21(24)22(25)23(26,14-18)15-27/h11-14,22H,4-7,10H2,1-3H3. The first-order valence-corrected chi connectivity index (χ1v) is 9.41. The summed E-state index contributed by atoms with van der Waals surface area (Å²) in [6.07, 6.45) is 3.42. The van der Waals surface area contributed by atoms with Gasteiger partial charge in [0, 0.05) is 11.1 Å². The summed E-state index contributed by atoms with van der Waals surface area (Å²) in [4.78, 5) is 0. The van der Waals surface area contributed by atoms with Gasteiger partial charge in [0.25, 0.3) is 5.67 Å². The summed E-state index contributed by atoms with van der Waals surface area (Å²) in [6, 6.07) is 4.91. The third-order valence-corrected chi connectivity index (χ3v) is 4.55. The molecule has 0 bridgehead atoms. The predicted molar refractivity (Wildman–Crippen MR) is 104 cm³/mol. The highest BCUT2D eigenvalue weighted by atomic mass is 19.2. The van der Waals surface area contributed by atoms with Crippen LogP contribution in [0.5, 0.6) is 5.75 Å². The number of nitrogens with zero attached hydrogens (tertiary/aromatic N) is 1. The lowest BCUT2D eigenvalue weighted by Crippen LogP contribution is -2.34. The van der Waals surface area contributed by atoms with Crippen molar-refractivity contribution in [2.75, 3.05) is 6.61 Å². The summed E-state index contributed by atoms with van der Waals surface area (Å²) in [5, 5.41) is 8.81. The largest absolute Gasteiger partial charge is 0.494 e. The zero-order chi connectivity index (χ0) is 20.7. The van der Waals surface area contributed by atoms with Gasteiger partial charge in [-0.1, -0.05) is 38.0 Å². The predicted octanol–water partition coefficient (Wildman–Crippen LogP) is 5.98. The molecule has 0 amide bonds. The molecule has 0 spiro atoms. The van der Waals surface area contributed by atoms with Crippen LogP contribution < -0.4 is 4.74 Å². The maximum absolute atomic E-state index is 14.2. The van der Waals surface area contributed by atoms with Crippen molar-refractivity contribution in [2.24, 2.45) is 0 Å². The molecule has 2 atom stereocenters. The fourth-order valence-corrected chi connectivity index (χ4v) is 2.98. The van der Waals surface area contributed by atoms with Gasteiger partial charge in [-0.25, -0.2) is 13.2 Å². The van der Waals surface area contributed by atoms with Crippen molar-refractivity contribution in [2.45, 2.75) is 58.3 Å². The summed E-state index contributed by atoms with van der Waals surface area (Å²) >= 11 is 0. The van der Waals surface area contributed by atoms with Gasteiger partial charge in [-0.05, 0) is 55.7 Å². The highest BCUT2D eigenvalue weighted by Crippen LogP contribution is 2.33. The smallest absolute Gasteiger partial charge is 0.253 e. The fraction of sp³-hybridized carbons (Fsp3) is 0.435. The van der Waals surface area contributed by atoms with Crippen molar-refractivity contribution in [1.29, 1.82) is 5.26 Å². The van der Waals surface area contributed by atoms with Crippen LogP contribution in [0.25, 0.3) is 0 Å². The van der Waals surface area contributed by atoms with Crippen LogP contribution in [0.1, 0.15) is 49.3 Å². The maximum Gasteiger partial charge on any atom is 0.253 e. The molecular weight excluding hydrogens is 363 g/mol. The van der Waals surface area contributed by atoms with Gasteiger partial charge >= 0.3 is 0 Å². The van der Waals surface area contributed by atoms with Gasteiger partial charge in [0.1, 0.15) is 17.6 Å². The molecule has 2 nitrogen and oxygen atoms in total. The highest BCUT2D eigenvalue weighted by Gasteiger charge is 2.43. The molecule has 28 heavy (non-hydrogen) atoms. The average molecular weight is 387 g/mol. The molecule has 1 aliphatic carbocycles. The van der Waals surface area contributed by atoms with Gasteiger partial charge in [-0.15, -0.1) is 0 Å². The molecule has 1 aromatic carbocycles. The first kappa shape index (κ1) is 21.6. The molecule has 1 aromatic rings. The minimum Gasteiger partial charge on any atom is -0.494 e. The molecule has 0 N–H and O–H groups in total. The molecule has 0 saturated heterocycles. The van der Waals surface area contributed by atoms with Crippen molar-refractivity contribution in [3.8, 4) is 23.7 Å².